The Morgan fingerprint density at radius 3 is 2.60 bits per heavy atom. The van der Waals surface area contributed by atoms with Gasteiger partial charge in [-0.05, 0) is 43.0 Å². The molecule has 1 aromatic carbocycles. The van der Waals surface area contributed by atoms with E-state index in [1.54, 1.807) is 28.6 Å². The van der Waals surface area contributed by atoms with Crippen molar-refractivity contribution >= 4 is 21.6 Å². The summed E-state index contributed by atoms with van der Waals surface area (Å²) in [5.41, 5.74) is 0. The Morgan fingerprint density at radius 2 is 2.05 bits per heavy atom. The third kappa shape index (κ3) is 3.73. The molecule has 6 heteroatoms. The van der Waals surface area contributed by atoms with E-state index in [1.165, 1.54) is 0 Å². The number of benzene rings is 1. The SMILES string of the molecule is CCCN(CC1CCOC1)S(=O)(=O)c1ccc(Cl)cc1. The molecule has 1 unspecified atom stereocenters. The van der Waals surface area contributed by atoms with Gasteiger partial charge in [-0.1, -0.05) is 18.5 Å². The van der Waals surface area contributed by atoms with Crippen molar-refractivity contribution < 1.29 is 13.2 Å². The maximum Gasteiger partial charge on any atom is 0.243 e. The maximum atomic E-state index is 12.7. The molecule has 0 bridgehead atoms. The summed E-state index contributed by atoms with van der Waals surface area (Å²) in [4.78, 5) is 0.300. The molecule has 0 spiro atoms. The van der Waals surface area contributed by atoms with E-state index in [-0.39, 0.29) is 0 Å². The quantitative estimate of drug-likeness (QED) is 0.810. The molecule has 1 aromatic rings. The largest absolute Gasteiger partial charge is 0.381 e. The van der Waals surface area contributed by atoms with Gasteiger partial charge in [-0.25, -0.2) is 8.42 Å². The normalized spacial score (nSPS) is 19.6. The van der Waals surface area contributed by atoms with Crippen LogP contribution in [0.15, 0.2) is 29.2 Å². The van der Waals surface area contributed by atoms with Gasteiger partial charge in [-0.15, -0.1) is 0 Å². The molecular formula is C14H20ClNO3S. The number of rotatable bonds is 6. The van der Waals surface area contributed by atoms with E-state index in [4.69, 9.17) is 16.3 Å². The number of nitrogens with zero attached hydrogens (tertiary/aromatic N) is 1. The highest BCUT2D eigenvalue weighted by Gasteiger charge is 2.28. The first-order valence-corrected chi connectivity index (χ1v) is 8.69. The van der Waals surface area contributed by atoms with Crippen molar-refractivity contribution in [1.82, 2.24) is 4.31 Å². The van der Waals surface area contributed by atoms with Crippen LogP contribution < -0.4 is 0 Å². The number of sulfonamides is 1. The Labute approximate surface area is 125 Å². The molecule has 1 fully saturated rings. The highest BCUT2D eigenvalue weighted by Crippen LogP contribution is 2.22. The highest BCUT2D eigenvalue weighted by molar-refractivity contribution is 7.89. The molecule has 0 N–H and O–H groups in total. The van der Waals surface area contributed by atoms with Crippen LogP contribution in [-0.4, -0.2) is 39.0 Å². The van der Waals surface area contributed by atoms with Gasteiger partial charge in [-0.3, -0.25) is 0 Å². The van der Waals surface area contributed by atoms with Crippen molar-refractivity contribution in [2.45, 2.75) is 24.7 Å². The van der Waals surface area contributed by atoms with Crippen molar-refractivity contribution in [3.63, 3.8) is 0 Å². The van der Waals surface area contributed by atoms with E-state index < -0.39 is 10.0 Å². The van der Waals surface area contributed by atoms with Crippen molar-refractivity contribution in [3.05, 3.63) is 29.3 Å². The summed E-state index contributed by atoms with van der Waals surface area (Å²) in [5, 5.41) is 0.537. The number of hydrogen-bond donors (Lipinski definition) is 0. The summed E-state index contributed by atoms with van der Waals surface area (Å²) >= 11 is 5.82. The Morgan fingerprint density at radius 1 is 1.35 bits per heavy atom. The molecule has 4 nitrogen and oxygen atoms in total. The predicted octanol–water partition coefficient (Wildman–Crippen LogP) is 2.78. The third-order valence-corrected chi connectivity index (χ3v) is 5.54. The van der Waals surface area contributed by atoms with Crippen molar-refractivity contribution in [2.75, 3.05) is 26.3 Å². The monoisotopic (exact) mass is 317 g/mol. The van der Waals surface area contributed by atoms with Crippen LogP contribution >= 0.6 is 11.6 Å². The minimum Gasteiger partial charge on any atom is -0.381 e. The molecular weight excluding hydrogens is 298 g/mol. The molecule has 0 saturated carbocycles. The molecule has 1 aliphatic heterocycles. The van der Waals surface area contributed by atoms with Gasteiger partial charge >= 0.3 is 0 Å². The zero-order chi connectivity index (χ0) is 14.6. The first kappa shape index (κ1) is 15.8. The third-order valence-electron chi connectivity index (χ3n) is 3.41. The number of hydrogen-bond acceptors (Lipinski definition) is 3. The Kier molecular flexibility index (Phi) is 5.43. The Hall–Kier alpha value is -0.620. The molecule has 1 saturated heterocycles. The van der Waals surface area contributed by atoms with Crippen LogP contribution in [0.4, 0.5) is 0 Å². The zero-order valence-electron chi connectivity index (χ0n) is 11.6. The van der Waals surface area contributed by atoms with Gasteiger partial charge in [0.05, 0.1) is 11.5 Å². The lowest BCUT2D eigenvalue weighted by molar-refractivity contribution is 0.180. The molecule has 20 heavy (non-hydrogen) atoms. The average Bonchev–Trinajstić information content (AvgIpc) is 2.92. The minimum absolute atomic E-state index is 0.295. The fourth-order valence-electron chi connectivity index (χ4n) is 2.33. The topological polar surface area (TPSA) is 46.6 Å². The summed E-state index contributed by atoms with van der Waals surface area (Å²) in [7, 11) is -3.45. The van der Waals surface area contributed by atoms with Crippen LogP contribution in [0, 0.1) is 5.92 Å². The molecule has 0 aliphatic carbocycles. The van der Waals surface area contributed by atoms with E-state index in [9.17, 15) is 8.42 Å². The van der Waals surface area contributed by atoms with Crippen LogP contribution in [0.2, 0.25) is 5.02 Å². The van der Waals surface area contributed by atoms with Gasteiger partial charge in [-0.2, -0.15) is 4.31 Å². The van der Waals surface area contributed by atoms with Gasteiger partial charge in [0, 0.05) is 24.7 Å². The predicted molar refractivity (Wildman–Crippen MR) is 79.4 cm³/mol. The first-order chi connectivity index (χ1) is 9.54. The lowest BCUT2D eigenvalue weighted by Gasteiger charge is -2.24. The van der Waals surface area contributed by atoms with Crippen LogP contribution in [0.5, 0.6) is 0 Å². The lowest BCUT2D eigenvalue weighted by atomic mass is 10.1. The van der Waals surface area contributed by atoms with Gasteiger partial charge in [0.1, 0.15) is 0 Å². The molecule has 0 amide bonds. The number of ether oxygens (including phenoxy) is 1. The molecule has 1 atom stereocenters. The molecule has 112 valence electrons. The molecule has 1 heterocycles. The Bertz CT molecular complexity index is 524. The fraction of sp³-hybridized carbons (Fsp3) is 0.571. The summed E-state index contributed by atoms with van der Waals surface area (Å²) in [5.74, 6) is 0.295. The molecule has 0 aromatic heterocycles. The van der Waals surface area contributed by atoms with E-state index in [0.29, 0.717) is 35.5 Å². The Balaban J connectivity index is 2.19. The summed E-state index contributed by atoms with van der Waals surface area (Å²) in [6.45, 7) is 4.41. The first-order valence-electron chi connectivity index (χ1n) is 6.87. The van der Waals surface area contributed by atoms with Crippen LogP contribution in [-0.2, 0) is 14.8 Å². The standard InChI is InChI=1S/C14H20ClNO3S/c1-2-8-16(10-12-7-9-19-11-12)20(17,18)14-5-3-13(15)4-6-14/h3-6,12H,2,7-11H2,1H3. The second-order valence-corrected chi connectivity index (χ2v) is 7.42. The fourth-order valence-corrected chi connectivity index (χ4v) is 4.06. The van der Waals surface area contributed by atoms with Gasteiger partial charge in [0.15, 0.2) is 0 Å². The van der Waals surface area contributed by atoms with Gasteiger partial charge in [0.2, 0.25) is 10.0 Å². The molecule has 1 aliphatic rings. The van der Waals surface area contributed by atoms with Gasteiger partial charge < -0.3 is 4.74 Å². The number of halogens is 1. The zero-order valence-corrected chi connectivity index (χ0v) is 13.2. The van der Waals surface area contributed by atoms with Crippen molar-refractivity contribution in [2.24, 2.45) is 5.92 Å². The summed E-state index contributed by atoms with van der Waals surface area (Å²) in [6, 6.07) is 6.34. The molecule has 0 radical (unpaired) electrons. The van der Waals surface area contributed by atoms with E-state index in [1.807, 2.05) is 6.92 Å². The van der Waals surface area contributed by atoms with Crippen LogP contribution in [0.3, 0.4) is 0 Å². The summed E-state index contributed by atoms with van der Waals surface area (Å²) < 4.78 is 32.2. The van der Waals surface area contributed by atoms with E-state index in [0.717, 1.165) is 19.4 Å². The smallest absolute Gasteiger partial charge is 0.243 e. The second-order valence-electron chi connectivity index (χ2n) is 5.05. The summed E-state index contributed by atoms with van der Waals surface area (Å²) in [6.07, 6.45) is 1.72. The highest BCUT2D eigenvalue weighted by atomic mass is 35.5. The van der Waals surface area contributed by atoms with Crippen LogP contribution in [0.25, 0.3) is 0 Å². The van der Waals surface area contributed by atoms with Gasteiger partial charge in [0.25, 0.3) is 0 Å². The van der Waals surface area contributed by atoms with E-state index >= 15 is 0 Å². The van der Waals surface area contributed by atoms with Crippen molar-refractivity contribution in [1.29, 1.82) is 0 Å². The van der Waals surface area contributed by atoms with Crippen molar-refractivity contribution in [3.8, 4) is 0 Å². The van der Waals surface area contributed by atoms with E-state index in [2.05, 4.69) is 0 Å². The lowest BCUT2D eigenvalue weighted by Crippen LogP contribution is -2.36. The minimum atomic E-state index is -3.45. The maximum absolute atomic E-state index is 12.7. The van der Waals surface area contributed by atoms with Crippen LogP contribution in [0.1, 0.15) is 19.8 Å². The average molecular weight is 318 g/mol. The molecule has 2 rings (SSSR count). The second kappa shape index (κ2) is 6.89.